The molecule has 0 aromatic heterocycles. The van der Waals surface area contributed by atoms with E-state index in [1.807, 2.05) is 0 Å². The van der Waals surface area contributed by atoms with Gasteiger partial charge in [0.15, 0.2) is 0 Å². The first-order chi connectivity index (χ1) is 21.3. The molecule has 0 aliphatic rings. The Hall–Kier alpha value is -0.830. The van der Waals surface area contributed by atoms with Crippen molar-refractivity contribution in [2.75, 3.05) is 13.2 Å². The SMILES string of the molecule is CCCCCCCCC=CCCCCCCCCCCCCCC(=O)OCCCCCCCCCCCCCCCCO. The third-order valence-electron chi connectivity index (χ3n) is 8.96. The molecule has 0 heterocycles. The van der Waals surface area contributed by atoms with Gasteiger partial charge in [0.1, 0.15) is 0 Å². The van der Waals surface area contributed by atoms with E-state index in [-0.39, 0.29) is 5.97 Å². The molecule has 0 aliphatic heterocycles. The van der Waals surface area contributed by atoms with Crippen LogP contribution in [0.25, 0.3) is 0 Å². The average Bonchev–Trinajstić information content (AvgIpc) is 3.01. The topological polar surface area (TPSA) is 46.5 Å². The van der Waals surface area contributed by atoms with Crippen LogP contribution in [0.3, 0.4) is 0 Å². The summed E-state index contributed by atoms with van der Waals surface area (Å²) in [6.45, 7) is 3.25. The predicted molar refractivity (Wildman–Crippen MR) is 190 cm³/mol. The third-order valence-corrected chi connectivity index (χ3v) is 8.96. The Morgan fingerprint density at radius 2 is 0.767 bits per heavy atom. The summed E-state index contributed by atoms with van der Waals surface area (Å²) in [5.41, 5.74) is 0. The summed E-state index contributed by atoms with van der Waals surface area (Å²) in [7, 11) is 0. The molecule has 0 aromatic rings. The zero-order chi connectivity index (χ0) is 31.2. The number of hydrogen-bond donors (Lipinski definition) is 1. The first kappa shape index (κ1) is 42.2. The zero-order valence-corrected chi connectivity index (χ0v) is 29.4. The molecule has 0 spiro atoms. The highest BCUT2D eigenvalue weighted by atomic mass is 16.5. The summed E-state index contributed by atoms with van der Waals surface area (Å²) in [6.07, 6.45) is 48.7. The molecule has 0 radical (unpaired) electrons. The van der Waals surface area contributed by atoms with E-state index in [1.165, 1.54) is 193 Å². The van der Waals surface area contributed by atoms with Crippen molar-refractivity contribution in [1.29, 1.82) is 0 Å². The van der Waals surface area contributed by atoms with Gasteiger partial charge in [-0.05, 0) is 44.9 Å². The summed E-state index contributed by atoms with van der Waals surface area (Å²) in [5, 5.41) is 8.79. The molecule has 43 heavy (non-hydrogen) atoms. The van der Waals surface area contributed by atoms with Gasteiger partial charge in [0, 0.05) is 13.0 Å². The molecule has 0 fully saturated rings. The highest BCUT2D eigenvalue weighted by molar-refractivity contribution is 5.69. The van der Waals surface area contributed by atoms with Crippen LogP contribution in [0, 0.1) is 0 Å². The van der Waals surface area contributed by atoms with Crippen molar-refractivity contribution in [3.8, 4) is 0 Å². The Morgan fingerprint density at radius 1 is 0.442 bits per heavy atom. The van der Waals surface area contributed by atoms with Crippen LogP contribution in [0.1, 0.15) is 225 Å². The quantitative estimate of drug-likeness (QED) is 0.0434. The molecule has 0 saturated heterocycles. The first-order valence-electron chi connectivity index (χ1n) is 19.7. The summed E-state index contributed by atoms with van der Waals surface area (Å²) in [5.74, 6) is 0.0155. The number of ether oxygens (including phenoxy) is 1. The van der Waals surface area contributed by atoms with Crippen LogP contribution in [0.15, 0.2) is 12.2 Å². The fourth-order valence-electron chi connectivity index (χ4n) is 5.99. The number of allylic oxidation sites excluding steroid dienone is 2. The highest BCUT2D eigenvalue weighted by Crippen LogP contribution is 2.15. The summed E-state index contributed by atoms with van der Waals surface area (Å²) >= 11 is 0. The maximum atomic E-state index is 12.0. The van der Waals surface area contributed by atoms with Crippen LogP contribution >= 0.6 is 0 Å². The van der Waals surface area contributed by atoms with Gasteiger partial charge in [-0.15, -0.1) is 0 Å². The van der Waals surface area contributed by atoms with E-state index in [0.29, 0.717) is 19.6 Å². The zero-order valence-electron chi connectivity index (χ0n) is 29.4. The molecular weight excluding hydrogens is 528 g/mol. The molecule has 1 N–H and O–H groups in total. The van der Waals surface area contributed by atoms with Gasteiger partial charge in [0.2, 0.25) is 0 Å². The number of unbranched alkanes of at least 4 members (excludes halogenated alkanes) is 30. The van der Waals surface area contributed by atoms with E-state index in [0.717, 1.165) is 19.3 Å². The molecule has 0 aliphatic carbocycles. The number of aliphatic hydroxyl groups excluding tert-OH is 1. The van der Waals surface area contributed by atoms with Crippen molar-refractivity contribution in [2.45, 2.75) is 225 Å². The minimum Gasteiger partial charge on any atom is -0.466 e. The van der Waals surface area contributed by atoms with E-state index in [9.17, 15) is 4.79 Å². The lowest BCUT2D eigenvalue weighted by atomic mass is 10.0. The minimum atomic E-state index is 0.0155. The lowest BCUT2D eigenvalue weighted by molar-refractivity contribution is -0.143. The Labute approximate surface area is 270 Å². The highest BCUT2D eigenvalue weighted by Gasteiger charge is 2.03. The van der Waals surface area contributed by atoms with Gasteiger partial charge in [-0.25, -0.2) is 0 Å². The van der Waals surface area contributed by atoms with Gasteiger partial charge < -0.3 is 9.84 Å². The molecule has 0 atom stereocenters. The van der Waals surface area contributed by atoms with Crippen molar-refractivity contribution < 1.29 is 14.6 Å². The normalized spacial score (nSPS) is 11.6. The minimum absolute atomic E-state index is 0.0155. The van der Waals surface area contributed by atoms with Crippen LogP contribution in [0.2, 0.25) is 0 Å². The fourth-order valence-corrected chi connectivity index (χ4v) is 5.99. The van der Waals surface area contributed by atoms with E-state index < -0.39 is 0 Å². The van der Waals surface area contributed by atoms with Gasteiger partial charge in [-0.3, -0.25) is 4.79 Å². The van der Waals surface area contributed by atoms with E-state index in [2.05, 4.69) is 19.1 Å². The summed E-state index contributed by atoms with van der Waals surface area (Å²) in [6, 6.07) is 0. The molecule has 0 rings (SSSR count). The Balaban J connectivity index is 3.17. The first-order valence-corrected chi connectivity index (χ1v) is 19.7. The van der Waals surface area contributed by atoms with Gasteiger partial charge in [0.05, 0.1) is 6.61 Å². The second-order valence-corrected chi connectivity index (χ2v) is 13.3. The maximum absolute atomic E-state index is 12.0. The van der Waals surface area contributed by atoms with Gasteiger partial charge in [-0.2, -0.15) is 0 Å². The van der Waals surface area contributed by atoms with E-state index in [1.54, 1.807) is 0 Å². The second kappa shape index (κ2) is 39.2. The van der Waals surface area contributed by atoms with E-state index in [4.69, 9.17) is 9.84 Å². The monoisotopic (exact) mass is 607 g/mol. The number of carbonyl (C=O) groups excluding carboxylic acids is 1. The van der Waals surface area contributed by atoms with Crippen LogP contribution < -0.4 is 0 Å². The predicted octanol–water partition coefficient (Wildman–Crippen LogP) is 13.4. The number of carbonyl (C=O) groups is 1. The molecule has 0 amide bonds. The lowest BCUT2D eigenvalue weighted by Crippen LogP contribution is -2.05. The van der Waals surface area contributed by atoms with Crippen LogP contribution in [0.5, 0.6) is 0 Å². The lowest BCUT2D eigenvalue weighted by Gasteiger charge is -2.06. The largest absolute Gasteiger partial charge is 0.466 e. The van der Waals surface area contributed by atoms with Crippen molar-refractivity contribution in [3.05, 3.63) is 12.2 Å². The number of aliphatic hydroxyl groups is 1. The molecule has 3 nitrogen and oxygen atoms in total. The number of esters is 1. The van der Waals surface area contributed by atoms with Crippen molar-refractivity contribution in [3.63, 3.8) is 0 Å². The smallest absolute Gasteiger partial charge is 0.305 e. The molecule has 0 aromatic carbocycles. The van der Waals surface area contributed by atoms with Crippen LogP contribution in [0.4, 0.5) is 0 Å². The van der Waals surface area contributed by atoms with Crippen molar-refractivity contribution in [1.82, 2.24) is 0 Å². The third kappa shape index (κ3) is 39.1. The maximum Gasteiger partial charge on any atom is 0.305 e. The second-order valence-electron chi connectivity index (χ2n) is 13.3. The molecular formula is C40H78O3. The molecule has 3 heteroatoms. The average molecular weight is 607 g/mol. The molecule has 0 saturated carbocycles. The van der Waals surface area contributed by atoms with E-state index >= 15 is 0 Å². The molecule has 0 bridgehead atoms. The number of rotatable bonds is 37. The number of hydrogen-bond acceptors (Lipinski definition) is 3. The Kier molecular flexibility index (Phi) is 38.4. The summed E-state index contributed by atoms with van der Waals surface area (Å²) < 4.78 is 5.44. The Bertz CT molecular complexity index is 544. The van der Waals surface area contributed by atoms with Gasteiger partial charge >= 0.3 is 5.97 Å². The molecule has 0 unspecified atom stereocenters. The molecule has 256 valence electrons. The van der Waals surface area contributed by atoms with Crippen molar-refractivity contribution >= 4 is 5.97 Å². The fraction of sp³-hybridized carbons (Fsp3) is 0.925. The standard InChI is InChI=1S/C40H78O3/c1-2-3-4-5-6-7-8-9-10-11-12-13-14-15-16-19-22-25-28-31-34-37-40(42)43-39-36-33-30-27-24-21-18-17-20-23-26-29-32-35-38-41/h9-10,41H,2-8,11-39H2,1H3. The Morgan fingerprint density at radius 3 is 1.16 bits per heavy atom. The summed E-state index contributed by atoms with van der Waals surface area (Å²) in [4.78, 5) is 12.0. The van der Waals surface area contributed by atoms with Gasteiger partial charge in [0.25, 0.3) is 0 Å². The van der Waals surface area contributed by atoms with Crippen LogP contribution in [-0.2, 0) is 9.53 Å². The van der Waals surface area contributed by atoms with Gasteiger partial charge in [-0.1, -0.05) is 186 Å². The van der Waals surface area contributed by atoms with Crippen LogP contribution in [-0.4, -0.2) is 24.3 Å². The van der Waals surface area contributed by atoms with Crippen molar-refractivity contribution in [2.24, 2.45) is 0 Å².